The van der Waals surface area contributed by atoms with Gasteiger partial charge in [0.05, 0.1) is 0 Å². The van der Waals surface area contributed by atoms with Gasteiger partial charge in [-0.3, -0.25) is 4.68 Å². The first-order valence-corrected chi connectivity index (χ1v) is 8.19. The molecule has 122 valence electrons. The van der Waals surface area contributed by atoms with E-state index >= 15 is 4.39 Å². The van der Waals surface area contributed by atoms with Gasteiger partial charge in [0.2, 0.25) is 0 Å². The van der Waals surface area contributed by atoms with E-state index in [4.69, 9.17) is 0 Å². The third kappa shape index (κ3) is 2.45. The molecule has 4 rings (SSSR count). The normalized spacial score (nSPS) is 11.4. The molecule has 0 radical (unpaired) electrons. The summed E-state index contributed by atoms with van der Waals surface area (Å²) >= 11 is 0. The van der Waals surface area contributed by atoms with Gasteiger partial charge in [-0.25, -0.2) is 4.39 Å². The smallest absolute Gasteiger partial charge is 0.140 e. The van der Waals surface area contributed by atoms with Gasteiger partial charge in [0, 0.05) is 18.0 Å². The Morgan fingerprint density at radius 2 is 1.24 bits per heavy atom. The monoisotopic (exact) mass is 328 g/mol. The summed E-state index contributed by atoms with van der Waals surface area (Å²) < 4.78 is 16.8. The minimum atomic E-state index is -0.878. The van der Waals surface area contributed by atoms with Crippen LogP contribution in [0.5, 0.6) is 0 Å². The van der Waals surface area contributed by atoms with Crippen LogP contribution in [-0.2, 0) is 5.54 Å². The summed E-state index contributed by atoms with van der Waals surface area (Å²) in [5.74, 6) is -0.259. The minimum absolute atomic E-state index is 0.259. The summed E-state index contributed by atoms with van der Waals surface area (Å²) in [6, 6.07) is 28.6. The molecule has 3 heteroatoms. The molecular formula is C22H17FN2. The molecule has 4 aromatic rings. The standard InChI is InChI=1S/C22H17FN2/c23-21-15-8-7-14-20(21)22(25-17-9-16-24-25,18-10-3-1-4-11-18)19-12-5-2-6-13-19/h1-17H. The maximum absolute atomic E-state index is 15.0. The first-order valence-electron chi connectivity index (χ1n) is 8.19. The van der Waals surface area contributed by atoms with Crippen molar-refractivity contribution >= 4 is 0 Å². The lowest BCUT2D eigenvalue weighted by Crippen LogP contribution is -2.39. The number of aromatic nitrogens is 2. The molecule has 0 amide bonds. The lowest BCUT2D eigenvalue weighted by Gasteiger charge is -2.36. The number of hydrogen-bond donors (Lipinski definition) is 0. The fraction of sp³-hybridized carbons (Fsp3) is 0.0455. The molecule has 25 heavy (non-hydrogen) atoms. The summed E-state index contributed by atoms with van der Waals surface area (Å²) in [6.07, 6.45) is 3.61. The zero-order valence-corrected chi connectivity index (χ0v) is 13.6. The molecule has 0 aliphatic heterocycles. The molecule has 0 saturated heterocycles. The summed E-state index contributed by atoms with van der Waals surface area (Å²) in [7, 11) is 0. The van der Waals surface area contributed by atoms with E-state index in [0.29, 0.717) is 5.56 Å². The van der Waals surface area contributed by atoms with Crippen molar-refractivity contribution in [1.29, 1.82) is 0 Å². The van der Waals surface area contributed by atoms with Gasteiger partial charge in [0.25, 0.3) is 0 Å². The van der Waals surface area contributed by atoms with Gasteiger partial charge in [-0.1, -0.05) is 78.9 Å². The summed E-state index contributed by atoms with van der Waals surface area (Å²) in [5.41, 5.74) is 1.60. The van der Waals surface area contributed by atoms with E-state index in [9.17, 15) is 0 Å². The quantitative estimate of drug-likeness (QED) is 0.489. The maximum atomic E-state index is 15.0. The predicted molar refractivity (Wildman–Crippen MR) is 96.8 cm³/mol. The number of hydrogen-bond acceptors (Lipinski definition) is 1. The van der Waals surface area contributed by atoms with Crippen LogP contribution >= 0.6 is 0 Å². The molecule has 0 spiro atoms. The van der Waals surface area contributed by atoms with Crippen LogP contribution in [0.1, 0.15) is 16.7 Å². The summed E-state index contributed by atoms with van der Waals surface area (Å²) in [5, 5.41) is 4.51. The van der Waals surface area contributed by atoms with Crippen LogP contribution in [0.25, 0.3) is 0 Å². The van der Waals surface area contributed by atoms with Crippen LogP contribution in [0, 0.1) is 5.82 Å². The Morgan fingerprint density at radius 1 is 0.680 bits per heavy atom. The molecule has 2 nitrogen and oxygen atoms in total. The fourth-order valence-corrected chi connectivity index (χ4v) is 3.45. The number of nitrogens with zero attached hydrogens (tertiary/aromatic N) is 2. The summed E-state index contributed by atoms with van der Waals surface area (Å²) in [4.78, 5) is 0. The number of halogens is 1. The van der Waals surface area contributed by atoms with Crippen molar-refractivity contribution in [3.8, 4) is 0 Å². The van der Waals surface area contributed by atoms with Crippen molar-refractivity contribution < 1.29 is 4.39 Å². The minimum Gasteiger partial charge on any atom is -0.253 e. The van der Waals surface area contributed by atoms with E-state index in [1.165, 1.54) is 6.07 Å². The van der Waals surface area contributed by atoms with E-state index < -0.39 is 5.54 Å². The highest BCUT2D eigenvalue weighted by Gasteiger charge is 2.40. The van der Waals surface area contributed by atoms with Gasteiger partial charge >= 0.3 is 0 Å². The molecule has 0 aliphatic carbocycles. The van der Waals surface area contributed by atoms with Crippen LogP contribution in [0.4, 0.5) is 4.39 Å². The average molecular weight is 328 g/mol. The van der Waals surface area contributed by atoms with Crippen molar-refractivity contribution in [2.75, 3.05) is 0 Å². The molecule has 0 atom stereocenters. The summed E-state index contributed by atoms with van der Waals surface area (Å²) in [6.45, 7) is 0. The molecule has 0 fully saturated rings. The molecule has 0 bridgehead atoms. The SMILES string of the molecule is Fc1ccccc1C(c1ccccc1)(c1ccccc1)n1cccn1. The first kappa shape index (κ1) is 15.3. The Morgan fingerprint density at radius 3 is 1.76 bits per heavy atom. The van der Waals surface area contributed by atoms with Gasteiger partial charge in [0.15, 0.2) is 0 Å². The molecule has 0 aliphatic rings. The van der Waals surface area contributed by atoms with E-state index in [2.05, 4.69) is 5.10 Å². The van der Waals surface area contributed by atoms with Gasteiger partial charge in [0.1, 0.15) is 11.4 Å². The third-order valence-electron chi connectivity index (χ3n) is 4.49. The highest BCUT2D eigenvalue weighted by molar-refractivity contribution is 5.50. The second-order valence-electron chi connectivity index (χ2n) is 5.87. The highest BCUT2D eigenvalue weighted by Crippen LogP contribution is 2.41. The van der Waals surface area contributed by atoms with Crippen molar-refractivity contribution in [2.45, 2.75) is 5.54 Å². The topological polar surface area (TPSA) is 17.8 Å². The van der Waals surface area contributed by atoms with Crippen LogP contribution < -0.4 is 0 Å². The van der Waals surface area contributed by atoms with Crippen molar-refractivity contribution in [3.63, 3.8) is 0 Å². The Hall–Kier alpha value is -3.20. The molecule has 0 N–H and O–H groups in total. The van der Waals surface area contributed by atoms with Crippen molar-refractivity contribution in [3.05, 3.63) is 126 Å². The second-order valence-corrected chi connectivity index (χ2v) is 5.87. The van der Waals surface area contributed by atoms with E-state index in [-0.39, 0.29) is 5.82 Å². The largest absolute Gasteiger partial charge is 0.253 e. The first-order chi connectivity index (χ1) is 12.3. The van der Waals surface area contributed by atoms with E-state index in [1.54, 1.807) is 12.3 Å². The Balaban J connectivity index is 2.15. The fourth-order valence-electron chi connectivity index (χ4n) is 3.45. The Bertz CT molecular complexity index is 908. The van der Waals surface area contributed by atoms with Gasteiger partial charge in [-0.05, 0) is 23.3 Å². The van der Waals surface area contributed by atoms with Crippen LogP contribution in [0.15, 0.2) is 103 Å². The van der Waals surface area contributed by atoms with Crippen molar-refractivity contribution in [1.82, 2.24) is 9.78 Å². The van der Waals surface area contributed by atoms with Crippen LogP contribution in [0.3, 0.4) is 0 Å². The lowest BCUT2D eigenvalue weighted by atomic mass is 9.77. The van der Waals surface area contributed by atoms with Gasteiger partial charge in [-0.2, -0.15) is 5.10 Å². The van der Waals surface area contributed by atoms with Crippen molar-refractivity contribution in [2.24, 2.45) is 0 Å². The number of benzene rings is 3. The molecule has 1 heterocycles. The predicted octanol–water partition coefficient (Wildman–Crippen LogP) is 4.86. The maximum Gasteiger partial charge on any atom is 0.140 e. The lowest BCUT2D eigenvalue weighted by molar-refractivity contribution is 0.436. The second kappa shape index (κ2) is 6.36. The number of rotatable bonds is 4. The Labute approximate surface area is 146 Å². The molecule has 0 saturated carbocycles. The zero-order valence-electron chi connectivity index (χ0n) is 13.6. The van der Waals surface area contributed by atoms with E-state index in [1.807, 2.05) is 89.7 Å². The van der Waals surface area contributed by atoms with E-state index in [0.717, 1.165) is 11.1 Å². The third-order valence-corrected chi connectivity index (χ3v) is 4.49. The van der Waals surface area contributed by atoms with Gasteiger partial charge in [-0.15, -0.1) is 0 Å². The Kier molecular flexibility index (Phi) is 3.90. The van der Waals surface area contributed by atoms with Crippen LogP contribution in [-0.4, -0.2) is 9.78 Å². The molecule has 3 aromatic carbocycles. The molecule has 1 aromatic heterocycles. The van der Waals surface area contributed by atoms with Gasteiger partial charge < -0.3 is 0 Å². The van der Waals surface area contributed by atoms with Crippen LogP contribution in [0.2, 0.25) is 0 Å². The molecular weight excluding hydrogens is 311 g/mol. The average Bonchev–Trinajstić information content (AvgIpc) is 3.21. The zero-order chi connectivity index (χ0) is 17.1. The highest BCUT2D eigenvalue weighted by atomic mass is 19.1. The molecule has 0 unspecified atom stereocenters.